The topological polar surface area (TPSA) is 79.9 Å². The zero-order chi connectivity index (χ0) is 15.7. The number of amides is 1. The second kappa shape index (κ2) is 5.96. The molecule has 1 aromatic heterocycles. The van der Waals surface area contributed by atoms with Crippen molar-refractivity contribution in [1.82, 2.24) is 15.4 Å². The van der Waals surface area contributed by atoms with Crippen LogP contribution in [-0.4, -0.2) is 28.4 Å². The number of hydrogen-bond donors (Lipinski definition) is 2. The van der Waals surface area contributed by atoms with Gasteiger partial charge in [-0.25, -0.2) is 0 Å². The number of carbonyl (C=O) groups excluding carboxylic acids is 1. The minimum Gasteiger partial charge on any atom is -0.495 e. The molecule has 1 unspecified atom stereocenters. The maximum atomic E-state index is 12.5. The van der Waals surface area contributed by atoms with Gasteiger partial charge in [-0.2, -0.15) is 15.4 Å². The van der Waals surface area contributed by atoms with Crippen molar-refractivity contribution in [3.05, 3.63) is 34.1 Å². The minimum atomic E-state index is -0.113. The van der Waals surface area contributed by atoms with Gasteiger partial charge in [-0.05, 0) is 31.4 Å². The number of fused-ring (bicyclic) bond motifs is 1. The van der Waals surface area contributed by atoms with Gasteiger partial charge in [0.15, 0.2) is 0 Å². The summed E-state index contributed by atoms with van der Waals surface area (Å²) in [5.41, 5.74) is 3.37. The fourth-order valence-electron chi connectivity index (χ4n) is 2.67. The van der Waals surface area contributed by atoms with E-state index in [1.165, 1.54) is 0 Å². The zero-order valence-corrected chi connectivity index (χ0v) is 13.2. The number of benzene rings is 1. The van der Waals surface area contributed by atoms with Crippen LogP contribution in [0.4, 0.5) is 5.69 Å². The Morgan fingerprint density at radius 3 is 2.95 bits per heavy atom. The molecule has 0 aliphatic heterocycles. The third-order valence-corrected chi connectivity index (χ3v) is 4.39. The van der Waals surface area contributed by atoms with Crippen LogP contribution in [0, 0.1) is 12.8 Å². The number of anilines is 1. The zero-order valence-electron chi connectivity index (χ0n) is 12.4. The molecule has 0 saturated carbocycles. The van der Waals surface area contributed by atoms with E-state index in [9.17, 15) is 4.79 Å². The summed E-state index contributed by atoms with van der Waals surface area (Å²) in [6.45, 7) is 1.89. The molecule has 3 rings (SSSR count). The maximum Gasteiger partial charge on any atom is 0.227 e. The summed E-state index contributed by atoms with van der Waals surface area (Å²) in [4.78, 5) is 12.5. The van der Waals surface area contributed by atoms with Crippen molar-refractivity contribution in [1.29, 1.82) is 0 Å². The van der Waals surface area contributed by atoms with Crippen molar-refractivity contribution in [3.63, 3.8) is 0 Å². The molecule has 7 heteroatoms. The van der Waals surface area contributed by atoms with Crippen molar-refractivity contribution in [2.75, 3.05) is 12.4 Å². The van der Waals surface area contributed by atoms with Crippen molar-refractivity contribution < 1.29 is 9.53 Å². The number of hydrogen-bond acceptors (Lipinski definition) is 4. The number of aryl methyl sites for hydroxylation is 2. The number of methoxy groups -OCH3 is 1. The number of ether oxygens (including phenoxy) is 1. The van der Waals surface area contributed by atoms with Crippen LogP contribution in [0.1, 0.15) is 23.4 Å². The highest BCUT2D eigenvalue weighted by Gasteiger charge is 2.27. The highest BCUT2D eigenvalue weighted by atomic mass is 35.5. The summed E-state index contributed by atoms with van der Waals surface area (Å²) < 4.78 is 5.29. The first-order valence-electron chi connectivity index (χ1n) is 7.12. The van der Waals surface area contributed by atoms with Gasteiger partial charge in [0.25, 0.3) is 0 Å². The molecule has 2 aromatic rings. The predicted octanol–water partition coefficient (Wildman–Crippen LogP) is 2.52. The average Bonchev–Trinajstić information content (AvgIpc) is 2.98. The SMILES string of the molecule is COc1cc(Cl)c(C)cc1NC(=O)C1CCc2n[nH]nc2C1. The summed E-state index contributed by atoms with van der Waals surface area (Å²) in [7, 11) is 1.55. The molecule has 6 nitrogen and oxygen atoms in total. The normalized spacial score (nSPS) is 17.0. The van der Waals surface area contributed by atoms with E-state index in [-0.39, 0.29) is 11.8 Å². The van der Waals surface area contributed by atoms with Crippen molar-refractivity contribution >= 4 is 23.2 Å². The lowest BCUT2D eigenvalue weighted by Crippen LogP contribution is -2.28. The number of rotatable bonds is 3. The first-order chi connectivity index (χ1) is 10.6. The van der Waals surface area contributed by atoms with E-state index in [0.717, 1.165) is 29.8 Å². The van der Waals surface area contributed by atoms with E-state index in [0.29, 0.717) is 22.9 Å². The monoisotopic (exact) mass is 320 g/mol. The average molecular weight is 321 g/mol. The molecule has 1 aromatic carbocycles. The van der Waals surface area contributed by atoms with Crippen LogP contribution in [0.25, 0.3) is 0 Å². The largest absolute Gasteiger partial charge is 0.495 e. The molecule has 2 N–H and O–H groups in total. The van der Waals surface area contributed by atoms with Gasteiger partial charge in [0.05, 0.1) is 24.2 Å². The van der Waals surface area contributed by atoms with Crippen LogP contribution < -0.4 is 10.1 Å². The Balaban J connectivity index is 1.76. The number of nitrogens with one attached hydrogen (secondary N) is 2. The molecule has 22 heavy (non-hydrogen) atoms. The maximum absolute atomic E-state index is 12.5. The highest BCUT2D eigenvalue weighted by molar-refractivity contribution is 6.31. The van der Waals surface area contributed by atoms with Gasteiger partial charge in [0.2, 0.25) is 5.91 Å². The Hall–Kier alpha value is -2.08. The molecule has 0 radical (unpaired) electrons. The first kappa shape index (κ1) is 14.8. The Bertz CT molecular complexity index is 714. The van der Waals surface area contributed by atoms with Gasteiger partial charge in [0, 0.05) is 23.4 Å². The van der Waals surface area contributed by atoms with E-state index < -0.39 is 0 Å². The fourth-order valence-corrected chi connectivity index (χ4v) is 2.83. The van der Waals surface area contributed by atoms with E-state index in [2.05, 4.69) is 20.7 Å². The molecule has 1 atom stereocenters. The summed E-state index contributed by atoms with van der Waals surface area (Å²) in [6, 6.07) is 3.53. The summed E-state index contributed by atoms with van der Waals surface area (Å²) in [5.74, 6) is 0.411. The molecule has 1 aliphatic rings. The van der Waals surface area contributed by atoms with Crippen molar-refractivity contribution in [3.8, 4) is 5.75 Å². The number of aromatic amines is 1. The quantitative estimate of drug-likeness (QED) is 0.910. The van der Waals surface area contributed by atoms with Gasteiger partial charge < -0.3 is 10.1 Å². The van der Waals surface area contributed by atoms with Gasteiger partial charge in [-0.3, -0.25) is 4.79 Å². The van der Waals surface area contributed by atoms with Crippen molar-refractivity contribution in [2.45, 2.75) is 26.2 Å². The Morgan fingerprint density at radius 2 is 2.18 bits per heavy atom. The van der Waals surface area contributed by atoms with E-state index in [4.69, 9.17) is 16.3 Å². The lowest BCUT2D eigenvalue weighted by Gasteiger charge is -2.20. The molecule has 1 amide bonds. The van der Waals surface area contributed by atoms with Crippen LogP contribution in [0.2, 0.25) is 5.02 Å². The fraction of sp³-hybridized carbons (Fsp3) is 0.400. The second-order valence-corrected chi connectivity index (χ2v) is 5.85. The smallest absolute Gasteiger partial charge is 0.227 e. The number of halogens is 1. The van der Waals surface area contributed by atoms with E-state index >= 15 is 0 Å². The van der Waals surface area contributed by atoms with Crippen LogP contribution >= 0.6 is 11.6 Å². The molecular formula is C15H17ClN4O2. The summed E-state index contributed by atoms with van der Waals surface area (Å²) in [6.07, 6.45) is 2.13. The molecule has 0 fully saturated rings. The Kier molecular flexibility index (Phi) is 4.02. The highest BCUT2D eigenvalue weighted by Crippen LogP contribution is 2.32. The lowest BCUT2D eigenvalue weighted by molar-refractivity contribution is -0.120. The summed E-state index contributed by atoms with van der Waals surface area (Å²) >= 11 is 6.08. The van der Waals surface area contributed by atoms with Gasteiger partial charge in [0.1, 0.15) is 5.75 Å². The van der Waals surface area contributed by atoms with Gasteiger partial charge >= 0.3 is 0 Å². The predicted molar refractivity (Wildman–Crippen MR) is 83.3 cm³/mol. The third kappa shape index (κ3) is 2.78. The molecule has 0 saturated heterocycles. The Morgan fingerprint density at radius 1 is 1.41 bits per heavy atom. The first-order valence-corrected chi connectivity index (χ1v) is 7.49. The lowest BCUT2D eigenvalue weighted by atomic mass is 9.89. The van der Waals surface area contributed by atoms with Crippen LogP contribution in [0.15, 0.2) is 12.1 Å². The van der Waals surface area contributed by atoms with E-state index in [1.54, 1.807) is 13.2 Å². The summed E-state index contributed by atoms with van der Waals surface area (Å²) in [5, 5.41) is 14.3. The minimum absolute atomic E-state index is 0.0336. The molecule has 0 spiro atoms. The molecular weight excluding hydrogens is 304 g/mol. The molecule has 1 heterocycles. The number of aromatic nitrogens is 3. The number of nitrogens with zero attached hydrogens (tertiary/aromatic N) is 2. The third-order valence-electron chi connectivity index (χ3n) is 3.98. The van der Waals surface area contributed by atoms with Crippen LogP contribution in [0.5, 0.6) is 5.75 Å². The van der Waals surface area contributed by atoms with Crippen molar-refractivity contribution in [2.24, 2.45) is 5.92 Å². The van der Waals surface area contributed by atoms with Gasteiger partial charge in [-0.1, -0.05) is 11.6 Å². The van der Waals surface area contributed by atoms with E-state index in [1.807, 2.05) is 13.0 Å². The second-order valence-electron chi connectivity index (χ2n) is 5.45. The van der Waals surface area contributed by atoms with Crippen LogP contribution in [0.3, 0.4) is 0 Å². The Labute approximate surface area is 133 Å². The van der Waals surface area contributed by atoms with Gasteiger partial charge in [-0.15, -0.1) is 0 Å². The number of H-pyrrole nitrogens is 1. The number of carbonyl (C=O) groups is 1. The molecule has 0 bridgehead atoms. The van der Waals surface area contributed by atoms with Crippen LogP contribution in [-0.2, 0) is 17.6 Å². The standard InChI is InChI=1S/C15H17ClN4O2/c1-8-5-13(14(22-2)7-10(8)16)17-15(21)9-3-4-11-12(6-9)19-20-18-11/h5,7,9H,3-4,6H2,1-2H3,(H,17,21)(H,18,19,20). The molecule has 1 aliphatic carbocycles. The molecule has 116 valence electrons.